The summed E-state index contributed by atoms with van der Waals surface area (Å²) in [6.07, 6.45) is 2.16. The van der Waals surface area contributed by atoms with E-state index in [1.54, 1.807) is 12.1 Å². The number of carbonyl (C=O) groups is 1. The molecular formula is C14H17F2NO2S. The summed E-state index contributed by atoms with van der Waals surface area (Å²) in [5.74, 6) is 0.613. The SMILES string of the molecule is C[C@H](SCC(=O)NC1CC1)c1ccc(OC(F)F)cc1. The molecule has 1 atom stereocenters. The van der Waals surface area contributed by atoms with Crippen LogP contribution < -0.4 is 10.1 Å². The third-order valence-corrected chi connectivity index (χ3v) is 4.18. The topological polar surface area (TPSA) is 38.3 Å². The first kappa shape index (κ1) is 15.1. The van der Waals surface area contributed by atoms with E-state index in [0.717, 1.165) is 18.4 Å². The van der Waals surface area contributed by atoms with E-state index in [9.17, 15) is 13.6 Å². The van der Waals surface area contributed by atoms with E-state index in [1.807, 2.05) is 6.92 Å². The van der Waals surface area contributed by atoms with Crippen LogP contribution in [0.5, 0.6) is 5.75 Å². The van der Waals surface area contributed by atoms with Crippen LogP contribution in [0.4, 0.5) is 8.78 Å². The Balaban J connectivity index is 1.78. The van der Waals surface area contributed by atoms with Crippen molar-refractivity contribution in [2.75, 3.05) is 5.75 Å². The first-order valence-corrected chi connectivity index (χ1v) is 7.55. The number of alkyl halides is 2. The van der Waals surface area contributed by atoms with E-state index >= 15 is 0 Å². The smallest absolute Gasteiger partial charge is 0.387 e. The van der Waals surface area contributed by atoms with Crippen LogP contribution in [0.1, 0.15) is 30.6 Å². The van der Waals surface area contributed by atoms with Crippen molar-refractivity contribution in [2.24, 2.45) is 0 Å². The van der Waals surface area contributed by atoms with Gasteiger partial charge < -0.3 is 10.1 Å². The van der Waals surface area contributed by atoms with E-state index in [0.29, 0.717) is 11.8 Å². The van der Waals surface area contributed by atoms with Crippen molar-refractivity contribution < 1.29 is 18.3 Å². The first-order chi connectivity index (χ1) is 9.54. The highest BCUT2D eigenvalue weighted by atomic mass is 32.2. The third-order valence-electron chi connectivity index (χ3n) is 2.98. The molecule has 0 aromatic heterocycles. The maximum atomic E-state index is 12.0. The molecular weight excluding hydrogens is 284 g/mol. The lowest BCUT2D eigenvalue weighted by atomic mass is 10.2. The molecule has 1 fully saturated rings. The van der Waals surface area contributed by atoms with E-state index in [-0.39, 0.29) is 16.9 Å². The molecule has 1 aromatic rings. The second-order valence-electron chi connectivity index (χ2n) is 4.74. The van der Waals surface area contributed by atoms with Crippen LogP contribution in [0, 0.1) is 0 Å². The summed E-state index contributed by atoms with van der Waals surface area (Å²) in [6.45, 7) is -0.823. The van der Waals surface area contributed by atoms with Gasteiger partial charge in [-0.1, -0.05) is 12.1 Å². The van der Waals surface area contributed by atoms with Crippen molar-refractivity contribution in [3.63, 3.8) is 0 Å². The van der Waals surface area contributed by atoms with Gasteiger partial charge in [-0.2, -0.15) is 8.78 Å². The normalized spacial score (nSPS) is 16.0. The number of carbonyl (C=O) groups excluding carboxylic acids is 1. The molecule has 1 amide bonds. The summed E-state index contributed by atoms with van der Waals surface area (Å²) in [4.78, 5) is 11.6. The highest BCUT2D eigenvalue weighted by Crippen LogP contribution is 2.29. The largest absolute Gasteiger partial charge is 0.435 e. The number of rotatable bonds is 7. The summed E-state index contributed by atoms with van der Waals surface area (Å²) >= 11 is 1.53. The Bertz CT molecular complexity index is 449. The van der Waals surface area contributed by atoms with Crippen molar-refractivity contribution in [1.82, 2.24) is 5.32 Å². The van der Waals surface area contributed by atoms with E-state index in [4.69, 9.17) is 0 Å². The molecule has 1 aromatic carbocycles. The fourth-order valence-corrected chi connectivity index (χ4v) is 2.55. The van der Waals surface area contributed by atoms with Crippen molar-refractivity contribution in [1.29, 1.82) is 0 Å². The molecule has 0 saturated heterocycles. The molecule has 0 bridgehead atoms. The quantitative estimate of drug-likeness (QED) is 0.839. The minimum atomic E-state index is -2.81. The molecule has 110 valence electrons. The van der Waals surface area contributed by atoms with Gasteiger partial charge in [0.15, 0.2) is 0 Å². The maximum absolute atomic E-state index is 12.0. The average Bonchev–Trinajstić information content (AvgIpc) is 3.20. The summed E-state index contributed by atoms with van der Waals surface area (Å²) < 4.78 is 28.3. The zero-order valence-corrected chi connectivity index (χ0v) is 12.0. The van der Waals surface area contributed by atoms with Crippen LogP contribution in [0.25, 0.3) is 0 Å². The predicted octanol–water partition coefficient (Wildman–Crippen LogP) is 3.36. The van der Waals surface area contributed by atoms with Crippen molar-refractivity contribution in [2.45, 2.75) is 37.7 Å². The van der Waals surface area contributed by atoms with Gasteiger partial charge in [0, 0.05) is 11.3 Å². The Morgan fingerprint density at radius 1 is 1.40 bits per heavy atom. The summed E-state index contributed by atoms with van der Waals surface area (Å²) in [5, 5.41) is 3.05. The summed E-state index contributed by atoms with van der Waals surface area (Å²) in [5.41, 5.74) is 0.982. The van der Waals surface area contributed by atoms with Crippen LogP contribution in [0.3, 0.4) is 0 Å². The number of hydrogen-bond acceptors (Lipinski definition) is 3. The van der Waals surface area contributed by atoms with Gasteiger partial charge in [0.05, 0.1) is 5.75 Å². The van der Waals surface area contributed by atoms with Crippen molar-refractivity contribution >= 4 is 17.7 Å². The Morgan fingerprint density at radius 3 is 2.60 bits per heavy atom. The molecule has 0 radical (unpaired) electrons. The number of benzene rings is 1. The molecule has 1 N–H and O–H groups in total. The van der Waals surface area contributed by atoms with E-state index in [2.05, 4.69) is 10.1 Å². The number of nitrogens with one attached hydrogen (secondary N) is 1. The molecule has 2 rings (SSSR count). The highest BCUT2D eigenvalue weighted by Gasteiger charge is 2.23. The molecule has 6 heteroatoms. The van der Waals surface area contributed by atoms with Crippen LogP contribution in [0.15, 0.2) is 24.3 Å². The molecule has 0 heterocycles. The fraction of sp³-hybridized carbons (Fsp3) is 0.500. The van der Waals surface area contributed by atoms with Crippen molar-refractivity contribution in [3.8, 4) is 5.75 Å². The maximum Gasteiger partial charge on any atom is 0.387 e. The Hall–Kier alpha value is -1.30. The van der Waals surface area contributed by atoms with Crippen molar-refractivity contribution in [3.05, 3.63) is 29.8 Å². The lowest BCUT2D eigenvalue weighted by molar-refractivity contribution is -0.118. The Kier molecular flexibility index (Phi) is 5.23. The second-order valence-corrected chi connectivity index (χ2v) is 6.07. The molecule has 1 aliphatic carbocycles. The minimum Gasteiger partial charge on any atom is -0.435 e. The molecule has 3 nitrogen and oxygen atoms in total. The minimum absolute atomic E-state index is 0.0574. The van der Waals surface area contributed by atoms with E-state index < -0.39 is 6.61 Å². The fourth-order valence-electron chi connectivity index (χ4n) is 1.71. The lowest BCUT2D eigenvalue weighted by Crippen LogP contribution is -2.27. The molecule has 1 saturated carbocycles. The van der Waals surface area contributed by atoms with Gasteiger partial charge >= 0.3 is 6.61 Å². The molecule has 0 aliphatic heterocycles. The van der Waals surface area contributed by atoms with Crippen LogP contribution in [-0.2, 0) is 4.79 Å². The Labute approximate surface area is 121 Å². The standard InChI is InChI=1S/C14H17F2NO2S/c1-9(20-8-13(18)17-11-4-5-11)10-2-6-12(7-3-10)19-14(15)16/h2-3,6-7,9,11,14H,4-5,8H2,1H3,(H,17,18)/t9-/m0/s1. The molecule has 1 aliphatic rings. The summed E-state index contributed by atoms with van der Waals surface area (Å²) in [7, 11) is 0. The van der Waals surface area contributed by atoms with Gasteiger partial charge in [-0.05, 0) is 37.5 Å². The second kappa shape index (κ2) is 6.92. The summed E-state index contributed by atoms with van der Waals surface area (Å²) in [6, 6.07) is 6.90. The van der Waals surface area contributed by atoms with Gasteiger partial charge in [-0.15, -0.1) is 11.8 Å². The van der Waals surface area contributed by atoms with Gasteiger partial charge in [0.1, 0.15) is 5.75 Å². The lowest BCUT2D eigenvalue weighted by Gasteiger charge is -2.12. The molecule has 0 unspecified atom stereocenters. The Morgan fingerprint density at radius 2 is 2.05 bits per heavy atom. The number of halogens is 2. The van der Waals surface area contributed by atoms with Crippen LogP contribution in [-0.4, -0.2) is 24.3 Å². The van der Waals surface area contributed by atoms with Crippen LogP contribution >= 0.6 is 11.8 Å². The highest BCUT2D eigenvalue weighted by molar-refractivity contribution is 8.00. The monoisotopic (exact) mass is 301 g/mol. The number of thioether (sulfide) groups is 1. The predicted molar refractivity (Wildman–Crippen MR) is 75.1 cm³/mol. The third kappa shape index (κ3) is 5.00. The number of hydrogen-bond donors (Lipinski definition) is 1. The van der Waals surface area contributed by atoms with Gasteiger partial charge in [0.25, 0.3) is 0 Å². The van der Waals surface area contributed by atoms with Gasteiger partial charge in [-0.3, -0.25) is 4.79 Å². The number of ether oxygens (including phenoxy) is 1. The van der Waals surface area contributed by atoms with E-state index in [1.165, 1.54) is 23.9 Å². The van der Waals surface area contributed by atoms with Gasteiger partial charge in [-0.25, -0.2) is 0 Å². The molecule has 20 heavy (non-hydrogen) atoms. The van der Waals surface area contributed by atoms with Gasteiger partial charge in [0.2, 0.25) is 5.91 Å². The molecule has 0 spiro atoms. The zero-order valence-electron chi connectivity index (χ0n) is 11.1. The number of amides is 1. The van der Waals surface area contributed by atoms with Crippen LogP contribution in [0.2, 0.25) is 0 Å². The first-order valence-electron chi connectivity index (χ1n) is 6.50. The zero-order chi connectivity index (χ0) is 14.5. The average molecular weight is 301 g/mol.